The molecular weight excluding hydrogens is 278 g/mol. The van der Waals surface area contributed by atoms with Crippen molar-refractivity contribution in [3.05, 3.63) is 11.4 Å². The zero-order valence-corrected chi connectivity index (χ0v) is 13.2. The molecule has 0 aromatic carbocycles. The summed E-state index contributed by atoms with van der Waals surface area (Å²) >= 11 is 0. The summed E-state index contributed by atoms with van der Waals surface area (Å²) in [5.41, 5.74) is 1.11. The Kier molecular flexibility index (Phi) is 4.51. The molecule has 1 saturated carbocycles. The monoisotopic (exact) mass is 301 g/mol. The van der Waals surface area contributed by atoms with Gasteiger partial charge in [0.1, 0.15) is 4.90 Å². The van der Waals surface area contributed by atoms with E-state index in [0.717, 1.165) is 12.8 Å². The van der Waals surface area contributed by atoms with Crippen molar-refractivity contribution in [1.29, 1.82) is 0 Å². The number of aliphatic hydroxyl groups is 1. The van der Waals surface area contributed by atoms with Crippen molar-refractivity contribution in [3.63, 3.8) is 0 Å². The van der Waals surface area contributed by atoms with E-state index in [1.165, 1.54) is 0 Å². The van der Waals surface area contributed by atoms with Gasteiger partial charge in [0.15, 0.2) is 0 Å². The molecule has 1 N–H and O–H groups in total. The molecule has 114 valence electrons. The second-order valence-electron chi connectivity index (χ2n) is 5.35. The Hall–Kier alpha value is -0.920. The van der Waals surface area contributed by atoms with Crippen molar-refractivity contribution in [2.45, 2.75) is 45.1 Å². The van der Waals surface area contributed by atoms with E-state index < -0.39 is 10.0 Å². The van der Waals surface area contributed by atoms with Crippen molar-refractivity contribution in [2.24, 2.45) is 5.92 Å². The van der Waals surface area contributed by atoms with Gasteiger partial charge < -0.3 is 5.11 Å². The summed E-state index contributed by atoms with van der Waals surface area (Å²) < 4.78 is 28.7. The van der Waals surface area contributed by atoms with E-state index in [0.29, 0.717) is 41.8 Å². The summed E-state index contributed by atoms with van der Waals surface area (Å²) in [7, 11) is -3.50. The highest BCUT2D eigenvalue weighted by molar-refractivity contribution is 7.89. The minimum Gasteiger partial charge on any atom is -0.394 e. The topological polar surface area (TPSA) is 75.4 Å². The van der Waals surface area contributed by atoms with Gasteiger partial charge in [-0.05, 0) is 32.6 Å². The molecule has 0 bridgehead atoms. The third-order valence-electron chi connectivity index (χ3n) is 3.74. The maximum Gasteiger partial charge on any atom is 0.246 e. The Morgan fingerprint density at radius 3 is 2.55 bits per heavy atom. The molecular formula is C13H23N3O3S. The number of hydrogen-bond donors (Lipinski definition) is 1. The van der Waals surface area contributed by atoms with Gasteiger partial charge in [-0.3, -0.25) is 4.68 Å². The molecule has 0 amide bonds. The van der Waals surface area contributed by atoms with Gasteiger partial charge in [-0.2, -0.15) is 9.40 Å². The first kappa shape index (κ1) is 15.5. The number of hydrogen-bond acceptors (Lipinski definition) is 4. The molecule has 20 heavy (non-hydrogen) atoms. The van der Waals surface area contributed by atoms with Crippen molar-refractivity contribution in [1.82, 2.24) is 14.1 Å². The van der Waals surface area contributed by atoms with Crippen LogP contribution in [0.2, 0.25) is 0 Å². The number of aliphatic hydroxyl groups excluding tert-OH is 1. The first-order valence-electron chi connectivity index (χ1n) is 7.06. The number of nitrogens with zero attached hydrogens (tertiary/aromatic N) is 3. The van der Waals surface area contributed by atoms with Gasteiger partial charge in [0.25, 0.3) is 0 Å². The third kappa shape index (κ3) is 2.89. The van der Waals surface area contributed by atoms with Gasteiger partial charge in [-0.1, -0.05) is 6.92 Å². The van der Waals surface area contributed by atoms with E-state index in [4.69, 9.17) is 5.11 Å². The standard InChI is InChI=1S/C13H23N3O3S/c1-4-15(9-12-5-6-12)20(18,19)13-10(2)14-16(7-8-17)11(13)3/h12,17H,4-9H2,1-3H3. The summed E-state index contributed by atoms with van der Waals surface area (Å²) in [6.45, 7) is 6.65. The fourth-order valence-electron chi connectivity index (χ4n) is 2.48. The van der Waals surface area contributed by atoms with E-state index in [2.05, 4.69) is 5.10 Å². The molecule has 1 heterocycles. The van der Waals surface area contributed by atoms with Crippen LogP contribution >= 0.6 is 0 Å². The van der Waals surface area contributed by atoms with Crippen LogP contribution < -0.4 is 0 Å². The van der Waals surface area contributed by atoms with Crippen LogP contribution in [0.15, 0.2) is 4.90 Å². The normalized spacial score (nSPS) is 16.1. The predicted octanol–water partition coefficient (Wildman–Crippen LogP) is 0.913. The molecule has 2 rings (SSSR count). The molecule has 7 heteroatoms. The highest BCUT2D eigenvalue weighted by atomic mass is 32.2. The maximum atomic E-state index is 12.8. The van der Waals surface area contributed by atoms with Crippen molar-refractivity contribution >= 4 is 10.0 Å². The highest BCUT2D eigenvalue weighted by Crippen LogP contribution is 2.32. The average molecular weight is 301 g/mol. The second kappa shape index (κ2) is 5.83. The van der Waals surface area contributed by atoms with Crippen LogP contribution in [-0.4, -0.2) is 47.3 Å². The summed E-state index contributed by atoms with van der Waals surface area (Å²) in [6.07, 6.45) is 2.24. The molecule has 1 aliphatic carbocycles. The molecule has 1 aromatic rings. The summed E-state index contributed by atoms with van der Waals surface area (Å²) in [4.78, 5) is 0.299. The Bertz CT molecular complexity index is 576. The zero-order valence-electron chi connectivity index (χ0n) is 12.3. The molecule has 0 unspecified atom stereocenters. The molecule has 0 saturated heterocycles. The first-order valence-corrected chi connectivity index (χ1v) is 8.50. The van der Waals surface area contributed by atoms with Crippen LogP contribution in [-0.2, 0) is 16.6 Å². The lowest BCUT2D eigenvalue weighted by molar-refractivity contribution is 0.267. The molecule has 0 aliphatic heterocycles. The van der Waals surface area contributed by atoms with Crippen LogP contribution in [0.4, 0.5) is 0 Å². The van der Waals surface area contributed by atoms with E-state index >= 15 is 0 Å². The second-order valence-corrected chi connectivity index (χ2v) is 7.22. The van der Waals surface area contributed by atoms with Gasteiger partial charge in [0.2, 0.25) is 10.0 Å². The molecule has 1 aromatic heterocycles. The molecule has 0 atom stereocenters. The van der Waals surface area contributed by atoms with Crippen molar-refractivity contribution < 1.29 is 13.5 Å². The SMILES string of the molecule is CCN(CC1CC1)S(=O)(=O)c1c(C)nn(CCO)c1C. The lowest BCUT2D eigenvalue weighted by Gasteiger charge is -2.20. The van der Waals surface area contributed by atoms with Crippen LogP contribution in [0, 0.1) is 19.8 Å². The lowest BCUT2D eigenvalue weighted by Crippen LogP contribution is -2.33. The van der Waals surface area contributed by atoms with Crippen LogP contribution in [0.3, 0.4) is 0 Å². The van der Waals surface area contributed by atoms with Crippen LogP contribution in [0.25, 0.3) is 0 Å². The third-order valence-corrected chi connectivity index (χ3v) is 5.93. The predicted molar refractivity (Wildman–Crippen MR) is 75.9 cm³/mol. The number of sulfonamides is 1. The van der Waals surface area contributed by atoms with Gasteiger partial charge in [-0.15, -0.1) is 0 Å². The highest BCUT2D eigenvalue weighted by Gasteiger charge is 2.34. The fourth-order valence-corrected chi connectivity index (χ4v) is 4.38. The number of aryl methyl sites for hydroxylation is 1. The van der Waals surface area contributed by atoms with E-state index in [9.17, 15) is 8.42 Å². The zero-order chi connectivity index (χ0) is 14.9. The molecule has 0 spiro atoms. The van der Waals surface area contributed by atoms with Gasteiger partial charge in [0, 0.05) is 13.1 Å². The molecule has 1 fully saturated rings. The number of aromatic nitrogens is 2. The Morgan fingerprint density at radius 2 is 2.05 bits per heavy atom. The van der Waals surface area contributed by atoms with Crippen molar-refractivity contribution in [2.75, 3.05) is 19.7 Å². The summed E-state index contributed by atoms with van der Waals surface area (Å²) in [5.74, 6) is 0.512. The maximum absolute atomic E-state index is 12.8. The average Bonchev–Trinajstić information content (AvgIpc) is 3.14. The van der Waals surface area contributed by atoms with Crippen LogP contribution in [0.1, 0.15) is 31.2 Å². The minimum absolute atomic E-state index is 0.0545. The minimum atomic E-state index is -3.50. The fraction of sp³-hybridized carbons (Fsp3) is 0.769. The Balaban J connectivity index is 2.36. The summed E-state index contributed by atoms with van der Waals surface area (Å²) in [5, 5.41) is 13.2. The Labute approximate surface area is 120 Å². The van der Waals surface area contributed by atoms with Gasteiger partial charge in [-0.25, -0.2) is 8.42 Å². The Morgan fingerprint density at radius 1 is 1.40 bits per heavy atom. The largest absolute Gasteiger partial charge is 0.394 e. The summed E-state index contributed by atoms with van der Waals surface area (Å²) in [6, 6.07) is 0. The first-order chi connectivity index (χ1) is 9.41. The lowest BCUT2D eigenvalue weighted by atomic mass is 10.4. The van der Waals surface area contributed by atoms with E-state index in [1.54, 1.807) is 22.8 Å². The van der Waals surface area contributed by atoms with E-state index in [-0.39, 0.29) is 6.61 Å². The smallest absolute Gasteiger partial charge is 0.246 e. The van der Waals surface area contributed by atoms with E-state index in [1.807, 2.05) is 6.92 Å². The number of rotatable bonds is 7. The molecule has 0 radical (unpaired) electrons. The molecule has 6 nitrogen and oxygen atoms in total. The van der Waals surface area contributed by atoms with Crippen LogP contribution in [0.5, 0.6) is 0 Å². The molecule has 1 aliphatic rings. The van der Waals surface area contributed by atoms with Gasteiger partial charge in [0.05, 0.1) is 24.5 Å². The van der Waals surface area contributed by atoms with Crippen molar-refractivity contribution in [3.8, 4) is 0 Å². The van der Waals surface area contributed by atoms with Gasteiger partial charge >= 0.3 is 0 Å². The quantitative estimate of drug-likeness (QED) is 0.812.